The van der Waals surface area contributed by atoms with Gasteiger partial charge >= 0.3 is 0 Å². The van der Waals surface area contributed by atoms with Gasteiger partial charge in [0.1, 0.15) is 0 Å². The summed E-state index contributed by atoms with van der Waals surface area (Å²) in [7, 11) is 0. The molecule has 1 N–H and O–H groups in total. The normalized spacial score (nSPS) is 12.2. The van der Waals surface area contributed by atoms with E-state index in [1.807, 2.05) is 56.3 Å². The summed E-state index contributed by atoms with van der Waals surface area (Å²) in [6.07, 6.45) is 0. The van der Waals surface area contributed by atoms with E-state index >= 15 is 0 Å². The summed E-state index contributed by atoms with van der Waals surface area (Å²) in [6, 6.07) is 21.4. The minimum absolute atomic E-state index is 0.0740. The van der Waals surface area contributed by atoms with Gasteiger partial charge < -0.3 is 5.32 Å². The lowest BCUT2D eigenvalue weighted by Crippen LogP contribution is -2.29. The Morgan fingerprint density at radius 2 is 1.73 bits per heavy atom. The van der Waals surface area contributed by atoms with Crippen molar-refractivity contribution in [3.63, 3.8) is 0 Å². The van der Waals surface area contributed by atoms with E-state index in [1.54, 1.807) is 10.6 Å². The number of rotatable bonds is 6. The number of benzene rings is 3. The van der Waals surface area contributed by atoms with Crippen LogP contribution in [0.4, 0.5) is 0 Å². The van der Waals surface area contributed by atoms with E-state index in [0.717, 1.165) is 16.3 Å². The Kier molecular flexibility index (Phi) is 5.86. The monoisotopic (exact) mass is 417 g/mol. The number of carbonyl (C=O) groups is 1. The molecule has 0 saturated carbocycles. The lowest BCUT2D eigenvalue weighted by atomic mass is 10.00. The number of nitrogens with zero attached hydrogens (tertiary/aromatic N) is 2. The molecule has 0 radical (unpaired) electrons. The number of amides is 1. The molecule has 3 aromatic carbocycles. The highest BCUT2D eigenvalue weighted by molar-refractivity contribution is 7.99. The van der Waals surface area contributed by atoms with Gasteiger partial charge in [-0.15, -0.1) is 0 Å². The average Bonchev–Trinajstić information content (AvgIpc) is 2.77. The van der Waals surface area contributed by atoms with Gasteiger partial charge in [0.2, 0.25) is 5.91 Å². The molecule has 5 nitrogen and oxygen atoms in total. The number of thioether (sulfide) groups is 1. The first-order valence-corrected chi connectivity index (χ1v) is 11.0. The molecule has 0 spiro atoms. The Morgan fingerprint density at radius 3 is 2.53 bits per heavy atom. The van der Waals surface area contributed by atoms with Crippen molar-refractivity contribution in [2.24, 2.45) is 0 Å². The van der Waals surface area contributed by atoms with E-state index in [4.69, 9.17) is 0 Å². The van der Waals surface area contributed by atoms with Gasteiger partial charge in [-0.1, -0.05) is 66.4 Å². The molecular weight excluding hydrogens is 394 g/mol. The summed E-state index contributed by atoms with van der Waals surface area (Å²) < 4.78 is 1.62. The van der Waals surface area contributed by atoms with E-state index in [0.29, 0.717) is 22.6 Å². The summed E-state index contributed by atoms with van der Waals surface area (Å²) in [5.41, 5.74) is 1.66. The van der Waals surface area contributed by atoms with Crippen LogP contribution in [-0.2, 0) is 11.3 Å². The summed E-state index contributed by atoms with van der Waals surface area (Å²) in [4.78, 5) is 30.0. The van der Waals surface area contributed by atoms with Gasteiger partial charge in [-0.25, -0.2) is 4.98 Å². The highest BCUT2D eigenvalue weighted by Crippen LogP contribution is 2.24. The van der Waals surface area contributed by atoms with Crippen molar-refractivity contribution in [3.05, 3.63) is 82.6 Å². The van der Waals surface area contributed by atoms with Crippen molar-refractivity contribution in [3.8, 4) is 0 Å². The molecule has 0 saturated heterocycles. The summed E-state index contributed by atoms with van der Waals surface area (Å²) in [5.74, 6) is 0.102. The quantitative estimate of drug-likeness (QED) is 0.370. The maximum absolute atomic E-state index is 12.7. The highest BCUT2D eigenvalue weighted by Gasteiger charge is 2.15. The standard InChI is InChI=1S/C24H23N3O2S/c1-3-27-23(29)20-12-6-7-14-21(20)26-24(27)30-15-22(28)25-16(2)18-13-8-10-17-9-4-5-11-19(17)18/h4-14,16H,3,15H2,1-2H3,(H,25,28). The molecular formula is C24H23N3O2S. The fraction of sp³-hybridized carbons (Fsp3) is 0.208. The fourth-order valence-electron chi connectivity index (χ4n) is 3.66. The van der Waals surface area contributed by atoms with Crippen LogP contribution < -0.4 is 10.9 Å². The largest absolute Gasteiger partial charge is 0.349 e. The number of para-hydroxylation sites is 1. The zero-order chi connectivity index (χ0) is 21.1. The van der Waals surface area contributed by atoms with Gasteiger partial charge in [-0.2, -0.15) is 0 Å². The first kappa shape index (κ1) is 20.2. The van der Waals surface area contributed by atoms with Gasteiger partial charge in [0.05, 0.1) is 22.7 Å². The maximum Gasteiger partial charge on any atom is 0.262 e. The fourth-order valence-corrected chi connectivity index (χ4v) is 4.53. The van der Waals surface area contributed by atoms with Gasteiger partial charge in [0, 0.05) is 6.54 Å². The van der Waals surface area contributed by atoms with Crippen LogP contribution in [0.3, 0.4) is 0 Å². The Balaban J connectivity index is 1.50. The van der Waals surface area contributed by atoms with Crippen LogP contribution in [0, 0.1) is 0 Å². The number of hydrogen-bond donors (Lipinski definition) is 1. The molecule has 1 atom stereocenters. The SMILES string of the molecule is CCn1c(SCC(=O)NC(C)c2cccc3ccccc23)nc2ccccc2c1=O. The zero-order valence-corrected chi connectivity index (χ0v) is 17.8. The Labute approximate surface area is 179 Å². The van der Waals surface area contributed by atoms with Crippen LogP contribution in [0.15, 0.2) is 76.7 Å². The average molecular weight is 418 g/mol. The van der Waals surface area contributed by atoms with E-state index in [1.165, 1.54) is 11.8 Å². The number of hydrogen-bond acceptors (Lipinski definition) is 4. The van der Waals surface area contributed by atoms with Gasteiger partial charge in [0.25, 0.3) is 5.56 Å². The smallest absolute Gasteiger partial charge is 0.262 e. The number of nitrogens with one attached hydrogen (secondary N) is 1. The summed E-state index contributed by atoms with van der Waals surface area (Å²) in [5, 5.41) is 6.52. The minimum atomic E-state index is -0.123. The van der Waals surface area contributed by atoms with Gasteiger partial charge in [-0.3, -0.25) is 14.2 Å². The number of carbonyl (C=O) groups excluding carboxylic acids is 1. The second kappa shape index (κ2) is 8.71. The maximum atomic E-state index is 12.7. The third-order valence-corrected chi connectivity index (χ3v) is 6.12. The van der Waals surface area contributed by atoms with E-state index in [-0.39, 0.29) is 23.3 Å². The van der Waals surface area contributed by atoms with Crippen molar-refractivity contribution in [1.29, 1.82) is 0 Å². The molecule has 0 fully saturated rings. The van der Waals surface area contributed by atoms with Gasteiger partial charge in [0.15, 0.2) is 5.16 Å². The topological polar surface area (TPSA) is 64.0 Å². The second-order valence-electron chi connectivity index (χ2n) is 7.11. The number of fused-ring (bicyclic) bond motifs is 2. The molecule has 1 heterocycles. The van der Waals surface area contributed by atoms with Crippen LogP contribution in [0.5, 0.6) is 0 Å². The van der Waals surface area contributed by atoms with Crippen LogP contribution in [0.25, 0.3) is 21.7 Å². The predicted octanol–water partition coefficient (Wildman–Crippen LogP) is 4.54. The first-order valence-electron chi connectivity index (χ1n) is 9.98. The van der Waals surface area contributed by atoms with E-state index < -0.39 is 0 Å². The van der Waals surface area contributed by atoms with Crippen LogP contribution in [0.1, 0.15) is 25.5 Å². The molecule has 30 heavy (non-hydrogen) atoms. The minimum Gasteiger partial charge on any atom is -0.349 e. The van der Waals surface area contributed by atoms with E-state index in [2.05, 4.69) is 28.5 Å². The number of aromatic nitrogens is 2. The van der Waals surface area contributed by atoms with Crippen LogP contribution in [0.2, 0.25) is 0 Å². The predicted molar refractivity (Wildman–Crippen MR) is 123 cm³/mol. The van der Waals surface area contributed by atoms with Crippen molar-refractivity contribution in [2.75, 3.05) is 5.75 Å². The highest BCUT2D eigenvalue weighted by atomic mass is 32.2. The van der Waals surface area contributed by atoms with Crippen LogP contribution >= 0.6 is 11.8 Å². The molecule has 0 aliphatic heterocycles. The third-order valence-electron chi connectivity index (χ3n) is 5.14. The lowest BCUT2D eigenvalue weighted by Gasteiger charge is -2.17. The van der Waals surface area contributed by atoms with Crippen LogP contribution in [-0.4, -0.2) is 21.2 Å². The molecule has 1 amide bonds. The van der Waals surface area contributed by atoms with Crippen molar-refractivity contribution in [2.45, 2.75) is 31.6 Å². The first-order chi connectivity index (χ1) is 14.6. The third kappa shape index (κ3) is 3.96. The molecule has 1 unspecified atom stereocenters. The van der Waals surface area contributed by atoms with Gasteiger partial charge in [-0.05, 0) is 42.3 Å². The molecule has 0 aliphatic rings. The second-order valence-corrected chi connectivity index (χ2v) is 8.05. The Hall–Kier alpha value is -3.12. The molecule has 4 aromatic rings. The molecule has 152 valence electrons. The van der Waals surface area contributed by atoms with E-state index in [9.17, 15) is 9.59 Å². The van der Waals surface area contributed by atoms with Crippen molar-refractivity contribution < 1.29 is 4.79 Å². The molecule has 1 aromatic heterocycles. The zero-order valence-electron chi connectivity index (χ0n) is 17.0. The Bertz CT molecular complexity index is 1280. The molecule has 0 bridgehead atoms. The summed E-state index contributed by atoms with van der Waals surface area (Å²) in [6.45, 7) is 4.40. The lowest BCUT2D eigenvalue weighted by molar-refractivity contribution is -0.119. The molecule has 4 rings (SSSR count). The Morgan fingerprint density at radius 1 is 1.03 bits per heavy atom. The molecule has 0 aliphatic carbocycles. The summed E-state index contributed by atoms with van der Waals surface area (Å²) >= 11 is 1.29. The van der Waals surface area contributed by atoms with Crippen molar-refractivity contribution in [1.82, 2.24) is 14.9 Å². The molecule has 6 heteroatoms. The van der Waals surface area contributed by atoms with Crippen molar-refractivity contribution >= 4 is 39.3 Å².